The fourth-order valence-corrected chi connectivity index (χ4v) is 3.79. The van der Waals surface area contributed by atoms with Gasteiger partial charge in [0, 0.05) is 36.0 Å². The summed E-state index contributed by atoms with van der Waals surface area (Å²) in [6, 6.07) is 4.36. The first-order valence-corrected chi connectivity index (χ1v) is 9.92. The molecule has 0 atom stereocenters. The number of aromatic amines is 1. The maximum absolute atomic E-state index is 12.4. The molecule has 0 saturated heterocycles. The molecule has 0 fully saturated rings. The van der Waals surface area contributed by atoms with Gasteiger partial charge in [-0.15, -0.1) is 0 Å². The van der Waals surface area contributed by atoms with Gasteiger partial charge < -0.3 is 19.6 Å². The molecule has 4 rings (SSSR count). The highest BCUT2D eigenvalue weighted by Crippen LogP contribution is 2.44. The van der Waals surface area contributed by atoms with Gasteiger partial charge in [-0.25, -0.2) is 13.6 Å². The zero-order chi connectivity index (χ0) is 20.4. The predicted octanol–water partition coefficient (Wildman–Crippen LogP) is 1.29. The van der Waals surface area contributed by atoms with E-state index in [1.165, 1.54) is 16.7 Å². The molecule has 28 heavy (non-hydrogen) atoms. The predicted molar refractivity (Wildman–Crippen MR) is 104 cm³/mol. The Kier molecular flexibility index (Phi) is 3.71. The summed E-state index contributed by atoms with van der Waals surface area (Å²) in [7, 11) is -2.46. The molecule has 3 heterocycles. The fourth-order valence-electron chi connectivity index (χ4n) is 3.23. The number of pyridine rings is 1. The van der Waals surface area contributed by atoms with E-state index in [1.807, 2.05) is 0 Å². The smallest absolute Gasteiger partial charge is 0.274 e. The van der Waals surface area contributed by atoms with E-state index < -0.39 is 21.5 Å². The van der Waals surface area contributed by atoms with Crippen LogP contribution in [0.15, 0.2) is 40.3 Å². The van der Waals surface area contributed by atoms with Gasteiger partial charge in [-0.05, 0) is 32.0 Å². The molecule has 1 aromatic carbocycles. The summed E-state index contributed by atoms with van der Waals surface area (Å²) in [6.07, 6.45) is 3.21. The number of sulfonamides is 1. The van der Waals surface area contributed by atoms with Crippen LogP contribution in [0.1, 0.15) is 13.8 Å². The van der Waals surface area contributed by atoms with Gasteiger partial charge in [0.25, 0.3) is 11.5 Å². The van der Waals surface area contributed by atoms with E-state index in [9.17, 15) is 18.0 Å². The monoisotopic (exact) mass is 402 g/mol. The van der Waals surface area contributed by atoms with E-state index in [1.54, 1.807) is 39.4 Å². The number of primary sulfonamides is 1. The SMILES string of the molecule is Cn1cc(-c2cc(S(N)(=O)=O)cc3c2OC(C)(C)C(=O)N3)c2cc[nH]c2c1=O. The second-order valence-corrected chi connectivity index (χ2v) is 8.75. The van der Waals surface area contributed by atoms with Crippen molar-refractivity contribution in [2.75, 3.05) is 5.32 Å². The molecule has 0 unspecified atom stereocenters. The number of benzene rings is 1. The summed E-state index contributed by atoms with van der Waals surface area (Å²) in [6.45, 7) is 3.21. The summed E-state index contributed by atoms with van der Waals surface area (Å²) >= 11 is 0. The minimum absolute atomic E-state index is 0.178. The van der Waals surface area contributed by atoms with E-state index in [2.05, 4.69) is 10.3 Å². The van der Waals surface area contributed by atoms with Crippen molar-refractivity contribution >= 4 is 32.5 Å². The number of aromatic nitrogens is 2. The topological polar surface area (TPSA) is 136 Å². The second-order valence-electron chi connectivity index (χ2n) is 7.18. The molecule has 2 aromatic heterocycles. The Bertz CT molecular complexity index is 1320. The van der Waals surface area contributed by atoms with Crippen LogP contribution in [0.4, 0.5) is 5.69 Å². The van der Waals surface area contributed by atoms with Crippen molar-refractivity contribution in [3.05, 3.63) is 40.9 Å². The Labute approximate surface area is 160 Å². The molecule has 0 radical (unpaired) electrons. The molecule has 9 nitrogen and oxygen atoms in total. The van der Waals surface area contributed by atoms with E-state index in [0.717, 1.165) is 0 Å². The highest BCUT2D eigenvalue weighted by atomic mass is 32.2. The summed E-state index contributed by atoms with van der Waals surface area (Å²) in [4.78, 5) is 27.4. The molecule has 0 spiro atoms. The van der Waals surface area contributed by atoms with Crippen LogP contribution in [0.2, 0.25) is 0 Å². The second kappa shape index (κ2) is 5.69. The lowest BCUT2D eigenvalue weighted by molar-refractivity contribution is -0.129. The molecule has 4 N–H and O–H groups in total. The summed E-state index contributed by atoms with van der Waals surface area (Å²) in [5, 5.41) is 8.60. The highest BCUT2D eigenvalue weighted by Gasteiger charge is 2.37. The molecule has 0 saturated carbocycles. The van der Waals surface area contributed by atoms with Crippen molar-refractivity contribution in [3.63, 3.8) is 0 Å². The number of nitrogens with two attached hydrogens (primary N) is 1. The zero-order valence-corrected chi connectivity index (χ0v) is 16.2. The third-order valence-corrected chi connectivity index (χ3v) is 5.62. The number of anilines is 1. The number of fused-ring (bicyclic) bond motifs is 2. The quantitative estimate of drug-likeness (QED) is 0.593. The van der Waals surface area contributed by atoms with E-state index in [4.69, 9.17) is 9.88 Å². The van der Waals surface area contributed by atoms with Crippen molar-refractivity contribution in [2.24, 2.45) is 12.2 Å². The van der Waals surface area contributed by atoms with Crippen LogP contribution in [0.3, 0.4) is 0 Å². The van der Waals surface area contributed by atoms with Crippen LogP contribution >= 0.6 is 0 Å². The van der Waals surface area contributed by atoms with Gasteiger partial charge in [0.1, 0.15) is 5.52 Å². The van der Waals surface area contributed by atoms with Crippen molar-refractivity contribution in [3.8, 4) is 16.9 Å². The zero-order valence-electron chi connectivity index (χ0n) is 15.4. The van der Waals surface area contributed by atoms with Crippen LogP contribution < -0.4 is 20.8 Å². The van der Waals surface area contributed by atoms with Gasteiger partial charge in [-0.3, -0.25) is 9.59 Å². The molecule has 1 aliphatic heterocycles. The molecule has 146 valence electrons. The number of hydrogen-bond acceptors (Lipinski definition) is 5. The van der Waals surface area contributed by atoms with Crippen LogP contribution in [0.25, 0.3) is 22.0 Å². The summed E-state index contributed by atoms with van der Waals surface area (Å²) < 4.78 is 31.3. The average molecular weight is 402 g/mol. The third-order valence-electron chi connectivity index (χ3n) is 4.73. The van der Waals surface area contributed by atoms with E-state index in [0.29, 0.717) is 27.8 Å². The minimum Gasteiger partial charge on any atom is -0.475 e. The lowest BCUT2D eigenvalue weighted by Crippen LogP contribution is -2.46. The van der Waals surface area contributed by atoms with Crippen molar-refractivity contribution in [1.82, 2.24) is 9.55 Å². The first-order chi connectivity index (χ1) is 13.0. The molecular weight excluding hydrogens is 384 g/mol. The fraction of sp³-hybridized carbons (Fsp3) is 0.222. The van der Waals surface area contributed by atoms with Crippen LogP contribution in [0.5, 0.6) is 5.75 Å². The summed E-state index contributed by atoms with van der Waals surface area (Å²) in [5.74, 6) is -0.108. The lowest BCUT2D eigenvalue weighted by Gasteiger charge is -2.33. The Balaban J connectivity index is 2.12. The van der Waals surface area contributed by atoms with Gasteiger partial charge >= 0.3 is 0 Å². The number of nitrogens with one attached hydrogen (secondary N) is 2. The number of amides is 1. The number of aryl methyl sites for hydroxylation is 1. The van der Waals surface area contributed by atoms with Gasteiger partial charge in [0.2, 0.25) is 10.0 Å². The number of ether oxygens (including phenoxy) is 1. The first-order valence-electron chi connectivity index (χ1n) is 8.37. The third kappa shape index (κ3) is 2.69. The van der Waals surface area contributed by atoms with Crippen molar-refractivity contribution in [2.45, 2.75) is 24.3 Å². The largest absolute Gasteiger partial charge is 0.475 e. The van der Waals surface area contributed by atoms with Crippen LogP contribution in [0, 0.1) is 0 Å². The molecular formula is C18H18N4O5S. The Morgan fingerprint density at radius 1 is 1.18 bits per heavy atom. The lowest BCUT2D eigenvalue weighted by atomic mass is 9.98. The number of rotatable bonds is 2. The van der Waals surface area contributed by atoms with Crippen molar-refractivity contribution in [1.29, 1.82) is 0 Å². The van der Waals surface area contributed by atoms with Gasteiger partial charge in [0.15, 0.2) is 11.4 Å². The van der Waals surface area contributed by atoms with Crippen LogP contribution in [-0.2, 0) is 21.9 Å². The maximum atomic E-state index is 12.4. The Morgan fingerprint density at radius 3 is 2.57 bits per heavy atom. The summed E-state index contributed by atoms with van der Waals surface area (Å²) in [5.41, 5.74) is 0.136. The minimum atomic E-state index is -4.05. The number of nitrogens with zero attached hydrogens (tertiary/aromatic N) is 1. The molecule has 3 aromatic rings. The number of carbonyl (C=O) groups excluding carboxylic acids is 1. The van der Waals surface area contributed by atoms with Gasteiger partial charge in [-0.1, -0.05) is 0 Å². The normalized spacial score (nSPS) is 15.8. The van der Waals surface area contributed by atoms with E-state index in [-0.39, 0.29) is 16.1 Å². The van der Waals surface area contributed by atoms with Gasteiger partial charge in [0.05, 0.1) is 10.6 Å². The average Bonchev–Trinajstić information content (AvgIpc) is 3.07. The first kappa shape index (κ1) is 18.3. The van der Waals surface area contributed by atoms with Crippen molar-refractivity contribution < 1.29 is 17.9 Å². The Morgan fingerprint density at radius 2 is 1.89 bits per heavy atom. The van der Waals surface area contributed by atoms with Gasteiger partial charge in [-0.2, -0.15) is 0 Å². The van der Waals surface area contributed by atoms with E-state index >= 15 is 0 Å². The Hall–Kier alpha value is -3.11. The number of carbonyl (C=O) groups is 1. The number of hydrogen-bond donors (Lipinski definition) is 3. The standard InChI is InChI=1S/C18H18N4O5S/c1-18(2)17(24)21-13-7-9(28(19,25)26)6-11(15(13)27-18)12-8-22(3)16(23)14-10(12)4-5-20-14/h4-8,20H,1-3H3,(H,21,24)(H2,19,25,26). The molecule has 0 aliphatic carbocycles. The maximum Gasteiger partial charge on any atom is 0.274 e. The highest BCUT2D eigenvalue weighted by molar-refractivity contribution is 7.89. The molecule has 10 heteroatoms. The molecule has 0 bridgehead atoms. The van der Waals surface area contributed by atoms with Crippen LogP contribution in [-0.4, -0.2) is 29.5 Å². The number of H-pyrrole nitrogens is 1. The molecule has 1 amide bonds. The molecule has 1 aliphatic rings.